The standard InChI is InChI=1S/C28H27N2OSi.Ni/c1-3-17-32(18-4-2)25-13-8-12-24(31)27(25)28-26(32)15-14-23(30-28)21-10-7-9-20(19-21)22-11-5-6-16-29-22;/h5-16,31H,3-4,17-18H2,1-2H3;/q-1;. The Kier molecular flexibility index (Phi) is 6.83. The molecule has 0 bridgehead atoms. The van der Waals surface area contributed by atoms with E-state index in [0.29, 0.717) is 5.75 Å². The summed E-state index contributed by atoms with van der Waals surface area (Å²) in [7, 11) is -1.94. The second kappa shape index (κ2) is 9.62. The zero-order valence-corrected chi connectivity index (χ0v) is 20.9. The van der Waals surface area contributed by atoms with Crippen LogP contribution in [0.3, 0.4) is 0 Å². The first-order valence-electron chi connectivity index (χ1n) is 11.5. The summed E-state index contributed by atoms with van der Waals surface area (Å²) >= 11 is 0. The third-order valence-corrected chi connectivity index (χ3v) is 12.2. The van der Waals surface area contributed by atoms with Crippen molar-refractivity contribution in [3.05, 3.63) is 79.0 Å². The first-order valence-corrected chi connectivity index (χ1v) is 13.9. The molecule has 0 saturated heterocycles. The Morgan fingerprint density at radius 1 is 0.788 bits per heavy atom. The normalized spacial score (nSPS) is 13.2. The maximum atomic E-state index is 10.9. The molecule has 0 spiro atoms. The molecule has 170 valence electrons. The van der Waals surface area contributed by atoms with Gasteiger partial charge in [-0.2, -0.15) is 0 Å². The van der Waals surface area contributed by atoms with Gasteiger partial charge < -0.3 is 5.11 Å². The van der Waals surface area contributed by atoms with Gasteiger partial charge in [0.2, 0.25) is 0 Å². The van der Waals surface area contributed by atoms with Gasteiger partial charge >= 0.3 is 0 Å². The number of rotatable bonds is 6. The molecule has 0 unspecified atom stereocenters. The number of pyridine rings is 2. The van der Waals surface area contributed by atoms with E-state index in [-0.39, 0.29) is 16.5 Å². The van der Waals surface area contributed by atoms with Crippen LogP contribution in [0.25, 0.3) is 33.8 Å². The van der Waals surface area contributed by atoms with Gasteiger partial charge in [-0.3, -0.25) is 9.97 Å². The molecule has 0 fully saturated rings. The Morgan fingerprint density at radius 2 is 1.52 bits per heavy atom. The Labute approximate surface area is 206 Å². The van der Waals surface area contributed by atoms with Crippen molar-refractivity contribution in [1.29, 1.82) is 0 Å². The van der Waals surface area contributed by atoms with E-state index in [2.05, 4.69) is 43.1 Å². The van der Waals surface area contributed by atoms with Crippen LogP contribution in [0.1, 0.15) is 26.7 Å². The SMILES string of the molecule is CCC[Si]1(CCC)c2ccc(-c3[c-]c(-c4ccccn4)ccc3)nc2-c2c(O)cccc21.[Ni]. The number of fused-ring (bicyclic) bond motifs is 3. The van der Waals surface area contributed by atoms with Gasteiger partial charge in [0.05, 0.1) is 5.69 Å². The van der Waals surface area contributed by atoms with E-state index >= 15 is 0 Å². The van der Waals surface area contributed by atoms with Gasteiger partial charge in [-0.1, -0.05) is 74.2 Å². The maximum absolute atomic E-state index is 10.9. The summed E-state index contributed by atoms with van der Waals surface area (Å²) < 4.78 is 0. The van der Waals surface area contributed by atoms with Gasteiger partial charge in [0.15, 0.2) is 0 Å². The number of aromatic hydroxyl groups is 1. The molecule has 5 rings (SSSR count). The zero-order valence-electron chi connectivity index (χ0n) is 18.9. The molecular weight excluding hydrogens is 467 g/mol. The smallest absolute Gasteiger partial charge is 0.124 e. The molecule has 0 saturated carbocycles. The van der Waals surface area contributed by atoms with Crippen LogP contribution in [0, 0.1) is 6.07 Å². The molecular formula is C28H27N2NiOSi-. The first kappa shape index (κ1) is 23.4. The molecule has 3 nitrogen and oxygen atoms in total. The van der Waals surface area contributed by atoms with Gasteiger partial charge in [0.1, 0.15) is 13.8 Å². The molecule has 0 radical (unpaired) electrons. The molecule has 1 aliphatic heterocycles. The number of aromatic nitrogens is 2. The van der Waals surface area contributed by atoms with Crippen molar-refractivity contribution in [3.63, 3.8) is 0 Å². The molecule has 1 aliphatic rings. The second-order valence-corrected chi connectivity index (χ2v) is 12.8. The van der Waals surface area contributed by atoms with E-state index in [1.807, 2.05) is 42.5 Å². The minimum Gasteiger partial charge on any atom is -0.507 e. The third kappa shape index (κ3) is 3.94. The molecule has 0 amide bonds. The number of hydrogen-bond acceptors (Lipinski definition) is 3. The number of phenolic OH excluding ortho intramolecular Hbond substituents is 1. The van der Waals surface area contributed by atoms with E-state index in [9.17, 15) is 5.11 Å². The van der Waals surface area contributed by atoms with Crippen LogP contribution < -0.4 is 10.4 Å². The molecule has 0 aliphatic carbocycles. The summed E-state index contributed by atoms with van der Waals surface area (Å²) in [6.07, 6.45) is 4.08. The van der Waals surface area contributed by atoms with E-state index in [0.717, 1.165) is 46.6 Å². The fourth-order valence-corrected chi connectivity index (χ4v) is 10.8. The molecule has 3 heterocycles. The van der Waals surface area contributed by atoms with Crippen molar-refractivity contribution in [2.24, 2.45) is 0 Å². The third-order valence-electron chi connectivity index (χ3n) is 6.57. The van der Waals surface area contributed by atoms with Gasteiger partial charge in [0.25, 0.3) is 0 Å². The number of nitrogens with zero attached hydrogens (tertiary/aromatic N) is 2. The van der Waals surface area contributed by atoms with Crippen molar-refractivity contribution in [2.75, 3.05) is 0 Å². The summed E-state index contributed by atoms with van der Waals surface area (Å²) in [4.78, 5) is 9.61. The van der Waals surface area contributed by atoms with E-state index < -0.39 is 8.07 Å². The van der Waals surface area contributed by atoms with Crippen molar-refractivity contribution in [1.82, 2.24) is 9.97 Å². The van der Waals surface area contributed by atoms with Crippen LogP contribution in [0.15, 0.2) is 72.9 Å². The van der Waals surface area contributed by atoms with Gasteiger partial charge in [-0.05, 0) is 34.6 Å². The fraction of sp³-hybridized carbons (Fsp3) is 0.214. The molecule has 1 N–H and O–H groups in total. The summed E-state index contributed by atoms with van der Waals surface area (Å²) in [5.41, 5.74) is 5.61. The Balaban J connectivity index is 0.00000259. The summed E-state index contributed by atoms with van der Waals surface area (Å²) in [6.45, 7) is 4.54. The average Bonchev–Trinajstić information content (AvgIpc) is 3.10. The van der Waals surface area contributed by atoms with Gasteiger partial charge in [-0.25, -0.2) is 0 Å². The molecule has 33 heavy (non-hydrogen) atoms. The first-order chi connectivity index (χ1) is 15.7. The molecule has 4 aromatic rings. The Bertz CT molecular complexity index is 1270. The summed E-state index contributed by atoms with van der Waals surface area (Å²) in [5, 5.41) is 13.6. The van der Waals surface area contributed by atoms with E-state index in [1.165, 1.54) is 22.5 Å². The van der Waals surface area contributed by atoms with Crippen LogP contribution >= 0.6 is 0 Å². The predicted molar refractivity (Wildman–Crippen MR) is 134 cm³/mol. The van der Waals surface area contributed by atoms with Crippen LogP contribution in [-0.4, -0.2) is 23.1 Å². The quantitative estimate of drug-likeness (QED) is 0.277. The van der Waals surface area contributed by atoms with Crippen molar-refractivity contribution in [3.8, 4) is 39.5 Å². The minimum absolute atomic E-state index is 0. The largest absolute Gasteiger partial charge is 0.507 e. The van der Waals surface area contributed by atoms with Crippen LogP contribution in [-0.2, 0) is 16.5 Å². The molecule has 5 heteroatoms. The molecule has 2 aromatic heterocycles. The minimum atomic E-state index is -1.94. The van der Waals surface area contributed by atoms with Gasteiger partial charge in [-0.15, -0.1) is 24.3 Å². The predicted octanol–water partition coefficient (Wildman–Crippen LogP) is 5.68. The maximum Gasteiger partial charge on any atom is 0.124 e. The van der Waals surface area contributed by atoms with Crippen molar-refractivity contribution in [2.45, 2.75) is 38.8 Å². The topological polar surface area (TPSA) is 46.0 Å². The van der Waals surface area contributed by atoms with Gasteiger partial charge in [0, 0.05) is 39.6 Å². The molecule has 2 aromatic carbocycles. The number of phenols is 1. The second-order valence-electron chi connectivity index (χ2n) is 8.57. The summed E-state index contributed by atoms with van der Waals surface area (Å²) in [6, 6.07) is 28.3. The Morgan fingerprint density at radius 3 is 2.21 bits per heavy atom. The van der Waals surface area contributed by atoms with Crippen LogP contribution in [0.2, 0.25) is 12.1 Å². The molecule has 0 atom stereocenters. The Hall–Kier alpha value is -2.75. The number of hydrogen-bond donors (Lipinski definition) is 1. The number of benzene rings is 2. The summed E-state index contributed by atoms with van der Waals surface area (Å²) in [5.74, 6) is 0.348. The van der Waals surface area contributed by atoms with E-state index in [1.54, 1.807) is 12.3 Å². The van der Waals surface area contributed by atoms with Crippen LogP contribution in [0.4, 0.5) is 0 Å². The zero-order chi connectivity index (χ0) is 22.1. The van der Waals surface area contributed by atoms with Crippen LogP contribution in [0.5, 0.6) is 5.75 Å². The monoisotopic (exact) mass is 493 g/mol. The van der Waals surface area contributed by atoms with Crippen molar-refractivity contribution < 1.29 is 21.6 Å². The van der Waals surface area contributed by atoms with E-state index in [4.69, 9.17) is 4.98 Å². The fourth-order valence-electron chi connectivity index (χ4n) is 5.33. The van der Waals surface area contributed by atoms with Crippen molar-refractivity contribution >= 4 is 18.4 Å². The average molecular weight is 494 g/mol.